The maximum atomic E-state index is 8.88. The van der Waals surface area contributed by atoms with Crippen LogP contribution in [0.1, 0.15) is 22.7 Å². The molecule has 0 aliphatic rings. The van der Waals surface area contributed by atoms with E-state index in [1.807, 2.05) is 26.0 Å². The van der Waals surface area contributed by atoms with Crippen LogP contribution in [0.3, 0.4) is 0 Å². The Labute approximate surface area is 83.3 Å². The van der Waals surface area contributed by atoms with E-state index >= 15 is 0 Å². The van der Waals surface area contributed by atoms with Crippen molar-refractivity contribution in [2.45, 2.75) is 19.9 Å². The molecule has 0 saturated heterocycles. The van der Waals surface area contributed by atoms with Crippen LogP contribution in [0.15, 0.2) is 12.1 Å². The molecule has 0 aliphatic carbocycles. The summed E-state index contributed by atoms with van der Waals surface area (Å²) in [5, 5.41) is 9.65. The Hall–Kier alpha value is -0.570. The summed E-state index contributed by atoms with van der Waals surface area (Å²) >= 11 is 5.99. The first-order chi connectivity index (χ1) is 6.06. The molecule has 0 amide bonds. The van der Waals surface area contributed by atoms with Gasteiger partial charge in [0.1, 0.15) is 0 Å². The number of benzene rings is 1. The van der Waals surface area contributed by atoms with Crippen LogP contribution in [0.2, 0.25) is 5.02 Å². The summed E-state index contributed by atoms with van der Waals surface area (Å²) < 4.78 is 0. The molecule has 0 aromatic heterocycles. The molecule has 0 heterocycles. The Balaban J connectivity index is 3.13. The molecule has 0 saturated carbocycles. The fourth-order valence-corrected chi connectivity index (χ4v) is 1.41. The van der Waals surface area contributed by atoms with Gasteiger partial charge in [0.2, 0.25) is 0 Å². The fraction of sp³-hybridized carbons (Fsp3) is 0.400. The predicted molar refractivity (Wildman–Crippen MR) is 54.9 cm³/mol. The Morgan fingerprint density at radius 1 is 1.38 bits per heavy atom. The maximum absolute atomic E-state index is 8.88. The molecule has 0 bridgehead atoms. The number of hydrogen-bond donors (Lipinski definition) is 2. The fourth-order valence-electron chi connectivity index (χ4n) is 1.30. The summed E-state index contributed by atoms with van der Waals surface area (Å²) in [6.45, 7) is 3.83. The minimum absolute atomic E-state index is 0.0412. The summed E-state index contributed by atoms with van der Waals surface area (Å²) in [5.41, 5.74) is 8.62. The molecule has 2 nitrogen and oxygen atoms in total. The summed E-state index contributed by atoms with van der Waals surface area (Å²) in [6.07, 6.45) is 0. The zero-order valence-corrected chi connectivity index (χ0v) is 8.60. The van der Waals surface area contributed by atoms with Crippen LogP contribution < -0.4 is 5.73 Å². The number of aliphatic hydroxyl groups is 1. The predicted octanol–water partition coefficient (Wildman–Crippen LogP) is 1.95. The van der Waals surface area contributed by atoms with Gasteiger partial charge in [-0.2, -0.15) is 0 Å². The number of aliphatic hydroxyl groups excluding tert-OH is 1. The van der Waals surface area contributed by atoms with Crippen LogP contribution in [-0.4, -0.2) is 11.7 Å². The number of halogens is 1. The summed E-state index contributed by atoms with van der Waals surface area (Å²) in [7, 11) is 0. The molecule has 0 fully saturated rings. The van der Waals surface area contributed by atoms with E-state index in [1.165, 1.54) is 0 Å². The number of nitrogens with two attached hydrogens (primary N) is 1. The quantitative estimate of drug-likeness (QED) is 0.765. The zero-order valence-electron chi connectivity index (χ0n) is 7.84. The number of rotatable bonds is 2. The summed E-state index contributed by atoms with van der Waals surface area (Å²) in [6, 6.07) is 3.52. The van der Waals surface area contributed by atoms with Crippen LogP contribution in [0.5, 0.6) is 0 Å². The van der Waals surface area contributed by atoms with Gasteiger partial charge >= 0.3 is 0 Å². The van der Waals surface area contributed by atoms with E-state index in [2.05, 4.69) is 0 Å². The lowest BCUT2D eigenvalue weighted by Gasteiger charge is -2.12. The average molecular weight is 200 g/mol. The minimum Gasteiger partial charge on any atom is -0.394 e. The first kappa shape index (κ1) is 10.5. The van der Waals surface area contributed by atoms with Gasteiger partial charge in [-0.05, 0) is 30.5 Å². The van der Waals surface area contributed by atoms with Crippen molar-refractivity contribution in [3.63, 3.8) is 0 Å². The van der Waals surface area contributed by atoms with Crippen molar-refractivity contribution in [1.29, 1.82) is 0 Å². The van der Waals surface area contributed by atoms with Crippen LogP contribution in [0, 0.1) is 13.8 Å². The third-order valence-corrected chi connectivity index (χ3v) is 2.68. The lowest BCUT2D eigenvalue weighted by Crippen LogP contribution is -2.14. The van der Waals surface area contributed by atoms with Crippen LogP contribution in [-0.2, 0) is 0 Å². The van der Waals surface area contributed by atoms with Gasteiger partial charge in [0.25, 0.3) is 0 Å². The molecule has 3 N–H and O–H groups in total. The molecule has 1 aromatic carbocycles. The second-order valence-electron chi connectivity index (χ2n) is 3.26. The smallest absolute Gasteiger partial charge is 0.0624 e. The molecule has 3 heteroatoms. The van der Waals surface area contributed by atoms with E-state index in [0.29, 0.717) is 0 Å². The monoisotopic (exact) mass is 199 g/mol. The van der Waals surface area contributed by atoms with Gasteiger partial charge in [0.05, 0.1) is 12.6 Å². The second kappa shape index (κ2) is 4.09. The van der Waals surface area contributed by atoms with Gasteiger partial charge in [0.15, 0.2) is 0 Å². The highest BCUT2D eigenvalue weighted by Gasteiger charge is 2.08. The van der Waals surface area contributed by atoms with E-state index in [-0.39, 0.29) is 12.6 Å². The van der Waals surface area contributed by atoms with E-state index < -0.39 is 0 Å². The van der Waals surface area contributed by atoms with Gasteiger partial charge in [-0.25, -0.2) is 0 Å². The largest absolute Gasteiger partial charge is 0.394 e. The van der Waals surface area contributed by atoms with Crippen molar-refractivity contribution in [3.8, 4) is 0 Å². The van der Waals surface area contributed by atoms with Crippen LogP contribution in [0.4, 0.5) is 0 Å². The molecule has 1 atom stereocenters. The van der Waals surface area contributed by atoms with E-state index in [9.17, 15) is 0 Å². The van der Waals surface area contributed by atoms with Crippen molar-refractivity contribution in [2.24, 2.45) is 5.73 Å². The highest BCUT2D eigenvalue weighted by atomic mass is 35.5. The SMILES string of the molecule is Cc1cc(C(N)CO)cc(C)c1Cl. The highest BCUT2D eigenvalue weighted by Crippen LogP contribution is 2.24. The van der Waals surface area contributed by atoms with Gasteiger partial charge < -0.3 is 10.8 Å². The zero-order chi connectivity index (χ0) is 10.0. The molecule has 0 aliphatic heterocycles. The molecule has 0 radical (unpaired) electrons. The lowest BCUT2D eigenvalue weighted by molar-refractivity contribution is 0.268. The third kappa shape index (κ3) is 2.21. The van der Waals surface area contributed by atoms with Crippen LogP contribution >= 0.6 is 11.6 Å². The number of aryl methyl sites for hydroxylation is 2. The summed E-state index contributed by atoms with van der Waals surface area (Å²) in [4.78, 5) is 0. The molecule has 13 heavy (non-hydrogen) atoms. The van der Waals surface area contributed by atoms with Gasteiger partial charge in [-0.15, -0.1) is 0 Å². The van der Waals surface area contributed by atoms with Gasteiger partial charge in [-0.3, -0.25) is 0 Å². The van der Waals surface area contributed by atoms with E-state index in [4.69, 9.17) is 22.4 Å². The van der Waals surface area contributed by atoms with Gasteiger partial charge in [-0.1, -0.05) is 23.7 Å². The first-order valence-corrected chi connectivity index (χ1v) is 4.57. The molecule has 1 rings (SSSR count). The van der Waals surface area contributed by atoms with E-state index in [1.54, 1.807) is 0 Å². The Kier molecular flexibility index (Phi) is 3.31. The average Bonchev–Trinajstić information content (AvgIpc) is 2.12. The molecule has 1 aromatic rings. The Bertz CT molecular complexity index is 289. The second-order valence-corrected chi connectivity index (χ2v) is 3.64. The Morgan fingerprint density at radius 3 is 2.23 bits per heavy atom. The molecular weight excluding hydrogens is 186 g/mol. The maximum Gasteiger partial charge on any atom is 0.0624 e. The van der Waals surface area contributed by atoms with Gasteiger partial charge in [0, 0.05) is 5.02 Å². The van der Waals surface area contributed by atoms with Crippen molar-refractivity contribution < 1.29 is 5.11 Å². The summed E-state index contributed by atoms with van der Waals surface area (Å²) in [5.74, 6) is 0. The standard InChI is InChI=1S/C10H14ClNO/c1-6-3-8(9(12)5-13)4-7(2)10(6)11/h3-4,9,13H,5,12H2,1-2H3. The Morgan fingerprint density at radius 2 is 1.85 bits per heavy atom. The number of hydrogen-bond acceptors (Lipinski definition) is 2. The molecule has 0 spiro atoms. The highest BCUT2D eigenvalue weighted by molar-refractivity contribution is 6.32. The lowest BCUT2D eigenvalue weighted by atomic mass is 10.0. The van der Waals surface area contributed by atoms with Crippen molar-refractivity contribution >= 4 is 11.6 Å². The normalized spacial score (nSPS) is 13.0. The van der Waals surface area contributed by atoms with Crippen LogP contribution in [0.25, 0.3) is 0 Å². The molecular formula is C10H14ClNO. The third-order valence-electron chi connectivity index (χ3n) is 2.08. The van der Waals surface area contributed by atoms with Crippen molar-refractivity contribution in [2.75, 3.05) is 6.61 Å². The van der Waals surface area contributed by atoms with E-state index in [0.717, 1.165) is 21.7 Å². The topological polar surface area (TPSA) is 46.2 Å². The molecule has 1 unspecified atom stereocenters. The first-order valence-electron chi connectivity index (χ1n) is 4.19. The van der Waals surface area contributed by atoms with Crippen molar-refractivity contribution in [1.82, 2.24) is 0 Å². The molecule has 72 valence electrons. The minimum atomic E-state index is -0.310. The van der Waals surface area contributed by atoms with Crippen molar-refractivity contribution in [3.05, 3.63) is 33.8 Å².